The Morgan fingerprint density at radius 3 is 2.56 bits per heavy atom. The Balaban J connectivity index is 1.98. The average molecular weight is 460 g/mol. The summed E-state index contributed by atoms with van der Waals surface area (Å²) in [5, 5.41) is 12.1. The number of aromatic nitrogens is 2. The van der Waals surface area contributed by atoms with E-state index in [1.54, 1.807) is 19.3 Å². The number of pyridine rings is 1. The zero-order valence-electron chi connectivity index (χ0n) is 19.9. The van der Waals surface area contributed by atoms with Crippen LogP contribution in [0.15, 0.2) is 60.9 Å². The minimum atomic E-state index is -0.437. The van der Waals surface area contributed by atoms with Crippen LogP contribution in [0.3, 0.4) is 0 Å². The van der Waals surface area contributed by atoms with Crippen LogP contribution in [0.1, 0.15) is 28.5 Å². The molecule has 0 aliphatic heterocycles. The lowest BCUT2D eigenvalue weighted by Gasteiger charge is -2.17. The third-order valence-electron chi connectivity index (χ3n) is 5.73. The molecule has 0 fully saturated rings. The molecule has 4 rings (SSSR count). The van der Waals surface area contributed by atoms with Crippen LogP contribution in [-0.4, -0.2) is 46.2 Å². The van der Waals surface area contributed by atoms with E-state index in [2.05, 4.69) is 4.98 Å². The summed E-state index contributed by atoms with van der Waals surface area (Å²) >= 11 is 0. The molecule has 0 spiro atoms. The number of hydrogen-bond acceptors (Lipinski definition) is 6. The molecule has 2 aromatic heterocycles. The van der Waals surface area contributed by atoms with Crippen LogP contribution in [0.4, 0.5) is 0 Å². The number of aryl methyl sites for hydroxylation is 1. The van der Waals surface area contributed by atoms with E-state index in [9.17, 15) is 9.90 Å². The van der Waals surface area contributed by atoms with Gasteiger partial charge in [0.05, 0.1) is 23.4 Å². The largest absolute Gasteiger partial charge is 0.507 e. The number of benzene rings is 2. The number of carbonyl (C=O) groups excluding carboxylic acids is 1. The van der Waals surface area contributed by atoms with E-state index in [4.69, 9.17) is 9.47 Å². The molecule has 4 aromatic rings. The van der Waals surface area contributed by atoms with Crippen LogP contribution in [0.5, 0.6) is 11.5 Å². The Kier molecular flexibility index (Phi) is 6.84. The maximum atomic E-state index is 13.2. The summed E-state index contributed by atoms with van der Waals surface area (Å²) in [6, 6.07) is 15.1. The predicted octanol–water partition coefficient (Wildman–Crippen LogP) is 4.76. The highest BCUT2D eigenvalue weighted by Crippen LogP contribution is 2.41. The maximum Gasteiger partial charge on any atom is 0.340 e. The SMILES string of the molecule is CCOC(=O)c1c(COc2ccccc2)n(C)c2cc(-c3cccnc3)c(O)c(CN(C)C)c12. The summed E-state index contributed by atoms with van der Waals surface area (Å²) < 4.78 is 13.4. The summed E-state index contributed by atoms with van der Waals surface area (Å²) in [7, 11) is 5.75. The lowest BCUT2D eigenvalue weighted by Crippen LogP contribution is -2.13. The van der Waals surface area contributed by atoms with Gasteiger partial charge in [-0.15, -0.1) is 0 Å². The molecule has 34 heavy (non-hydrogen) atoms. The molecule has 7 nitrogen and oxygen atoms in total. The minimum Gasteiger partial charge on any atom is -0.507 e. The van der Waals surface area contributed by atoms with Gasteiger partial charge in [0, 0.05) is 48.1 Å². The lowest BCUT2D eigenvalue weighted by molar-refractivity contribution is 0.0525. The Hall–Kier alpha value is -3.84. The fraction of sp³-hybridized carbons (Fsp3) is 0.259. The monoisotopic (exact) mass is 459 g/mol. The first kappa shape index (κ1) is 23.3. The van der Waals surface area contributed by atoms with Crippen molar-refractivity contribution in [3.05, 3.63) is 77.7 Å². The van der Waals surface area contributed by atoms with Crippen molar-refractivity contribution in [1.29, 1.82) is 0 Å². The fourth-order valence-corrected chi connectivity index (χ4v) is 4.19. The van der Waals surface area contributed by atoms with Crippen LogP contribution in [0.25, 0.3) is 22.0 Å². The highest BCUT2D eigenvalue weighted by molar-refractivity contribution is 6.09. The second-order valence-corrected chi connectivity index (χ2v) is 8.33. The predicted molar refractivity (Wildman–Crippen MR) is 132 cm³/mol. The van der Waals surface area contributed by atoms with E-state index in [0.717, 1.165) is 11.1 Å². The zero-order chi connectivity index (χ0) is 24.2. The maximum absolute atomic E-state index is 13.2. The molecule has 0 aliphatic rings. The number of esters is 1. The first-order valence-electron chi connectivity index (χ1n) is 11.2. The van der Waals surface area contributed by atoms with Crippen molar-refractivity contribution in [1.82, 2.24) is 14.5 Å². The highest BCUT2D eigenvalue weighted by atomic mass is 16.5. The quantitative estimate of drug-likeness (QED) is 0.383. The Labute approximate surface area is 199 Å². The summed E-state index contributed by atoms with van der Waals surface area (Å²) in [5.41, 5.74) is 4.02. The van der Waals surface area contributed by atoms with Gasteiger partial charge in [-0.2, -0.15) is 0 Å². The van der Waals surface area contributed by atoms with Crippen molar-refractivity contribution in [2.45, 2.75) is 20.1 Å². The van der Waals surface area contributed by atoms with Crippen LogP contribution in [-0.2, 0) is 24.9 Å². The molecule has 0 bridgehead atoms. The van der Waals surface area contributed by atoms with E-state index < -0.39 is 5.97 Å². The molecule has 2 aromatic carbocycles. The summed E-state index contributed by atoms with van der Waals surface area (Å²) in [6.45, 7) is 2.64. The van der Waals surface area contributed by atoms with Crippen molar-refractivity contribution in [3.8, 4) is 22.6 Å². The van der Waals surface area contributed by atoms with Gasteiger partial charge >= 0.3 is 5.97 Å². The van der Waals surface area contributed by atoms with Gasteiger partial charge in [-0.05, 0) is 45.3 Å². The van der Waals surface area contributed by atoms with Crippen molar-refractivity contribution in [3.63, 3.8) is 0 Å². The number of phenolic OH excluding ortho intramolecular Hbond substituents is 1. The number of fused-ring (bicyclic) bond motifs is 1. The van der Waals surface area contributed by atoms with Crippen LogP contribution in [0, 0.1) is 0 Å². The van der Waals surface area contributed by atoms with Crippen molar-refractivity contribution >= 4 is 16.9 Å². The number of carbonyl (C=O) groups is 1. The molecule has 1 N–H and O–H groups in total. The van der Waals surface area contributed by atoms with Crippen LogP contribution < -0.4 is 4.74 Å². The molecule has 0 radical (unpaired) electrons. The van der Waals surface area contributed by atoms with Gasteiger partial charge in [0.1, 0.15) is 18.1 Å². The molecule has 0 aliphatic carbocycles. The van der Waals surface area contributed by atoms with Crippen LogP contribution in [0.2, 0.25) is 0 Å². The van der Waals surface area contributed by atoms with Gasteiger partial charge in [0.25, 0.3) is 0 Å². The van der Waals surface area contributed by atoms with Gasteiger partial charge in [-0.25, -0.2) is 4.79 Å². The molecule has 7 heteroatoms. The number of hydrogen-bond donors (Lipinski definition) is 1. The molecular formula is C27H29N3O4. The molecule has 0 saturated carbocycles. The van der Waals surface area contributed by atoms with E-state index in [1.165, 1.54) is 0 Å². The standard InChI is InChI=1S/C27H29N3O4/c1-5-33-27(32)25-23(17-34-19-11-7-6-8-12-19)30(4)22-14-20(18-10-9-13-28-15-18)26(31)21(24(22)25)16-29(2)3/h6-15,31H,5,16-17H2,1-4H3. The number of aromatic hydroxyl groups is 1. The van der Waals surface area contributed by atoms with Crippen molar-refractivity contribution in [2.24, 2.45) is 7.05 Å². The average Bonchev–Trinajstić information content (AvgIpc) is 3.12. The molecule has 0 saturated heterocycles. The molecule has 176 valence electrons. The third-order valence-corrected chi connectivity index (χ3v) is 5.73. The Bertz CT molecular complexity index is 1300. The second kappa shape index (κ2) is 9.97. The Morgan fingerprint density at radius 2 is 1.91 bits per heavy atom. The molecule has 0 atom stereocenters. The molecule has 0 unspecified atom stereocenters. The zero-order valence-corrected chi connectivity index (χ0v) is 19.9. The number of phenols is 1. The van der Waals surface area contributed by atoms with Crippen LogP contribution >= 0.6 is 0 Å². The lowest BCUT2D eigenvalue weighted by atomic mass is 9.96. The molecular weight excluding hydrogens is 430 g/mol. The molecule has 2 heterocycles. The summed E-state index contributed by atoms with van der Waals surface area (Å²) in [6.07, 6.45) is 3.41. The van der Waals surface area contributed by atoms with Gasteiger partial charge in [0.15, 0.2) is 0 Å². The van der Waals surface area contributed by atoms with Gasteiger partial charge in [-0.1, -0.05) is 24.3 Å². The topological polar surface area (TPSA) is 76.8 Å². The number of ether oxygens (including phenoxy) is 2. The van der Waals surface area contributed by atoms with E-state index >= 15 is 0 Å². The number of rotatable bonds is 8. The first-order chi connectivity index (χ1) is 16.4. The van der Waals surface area contributed by atoms with Gasteiger partial charge in [0.2, 0.25) is 0 Å². The van der Waals surface area contributed by atoms with E-state index in [1.807, 2.05) is 79.1 Å². The number of para-hydroxylation sites is 1. The minimum absolute atomic E-state index is 0.126. The molecule has 0 amide bonds. The number of nitrogens with zero attached hydrogens (tertiary/aromatic N) is 3. The van der Waals surface area contributed by atoms with E-state index in [-0.39, 0.29) is 19.0 Å². The normalized spacial score (nSPS) is 11.2. The third kappa shape index (κ3) is 4.47. The second-order valence-electron chi connectivity index (χ2n) is 8.33. The Morgan fingerprint density at radius 1 is 1.15 bits per heavy atom. The van der Waals surface area contributed by atoms with Gasteiger partial charge in [-0.3, -0.25) is 4.98 Å². The summed E-state index contributed by atoms with van der Waals surface area (Å²) in [5.74, 6) is 0.393. The van der Waals surface area contributed by atoms with Crippen molar-refractivity contribution in [2.75, 3.05) is 20.7 Å². The van der Waals surface area contributed by atoms with E-state index in [0.29, 0.717) is 40.1 Å². The van der Waals surface area contributed by atoms with Gasteiger partial charge < -0.3 is 24.0 Å². The first-order valence-corrected chi connectivity index (χ1v) is 11.2. The highest BCUT2D eigenvalue weighted by Gasteiger charge is 2.28. The summed E-state index contributed by atoms with van der Waals surface area (Å²) in [4.78, 5) is 19.4. The van der Waals surface area contributed by atoms with Crippen molar-refractivity contribution < 1.29 is 19.4 Å². The smallest absolute Gasteiger partial charge is 0.340 e. The fourth-order valence-electron chi connectivity index (χ4n) is 4.19.